The number of hydrogen-bond donors (Lipinski definition) is 3. The van der Waals surface area contributed by atoms with Crippen LogP contribution < -0.4 is 39.5 Å². The first-order valence-electron chi connectivity index (χ1n) is 15.6. The Morgan fingerprint density at radius 2 is 0.721 bits per heavy atom. The fraction of sp³-hybridized carbons (Fsp3) is 0. The SMILES string of the molecule is O.O=O.O=S(=O)([O-])c1ccc2c3nc4nc(nc5[n-]c(nc6nc(nc([n-]3)c2c1)-c1ccc(S(=O)(=O)O)cc1-6)c1ccc(S(=O)(=O)O)cc51)-c1ccc(S(=O)(=O)O)cc1-4.[Fe].[Na+]. The van der Waals surface area contributed by atoms with Crippen molar-refractivity contribution in [2.75, 3.05) is 0 Å². The van der Waals surface area contributed by atoms with E-state index in [1.165, 1.54) is 24.3 Å². The van der Waals surface area contributed by atoms with Crippen LogP contribution in [-0.2, 0) is 57.5 Å². The van der Waals surface area contributed by atoms with Crippen LogP contribution in [0.4, 0.5) is 0 Å². The Bertz CT molecular complexity index is 3410. The van der Waals surface area contributed by atoms with Crippen LogP contribution >= 0.6 is 0 Å². The third kappa shape index (κ3) is 8.46. The van der Waals surface area contributed by atoms with Crippen LogP contribution in [0.3, 0.4) is 0 Å². The van der Waals surface area contributed by atoms with Crippen LogP contribution in [0.2, 0.25) is 0 Å². The molecule has 0 amide bonds. The Balaban J connectivity index is 0.00000139. The van der Waals surface area contributed by atoms with Gasteiger partial charge in [-0.25, -0.2) is 18.4 Å². The zero-order chi connectivity index (χ0) is 41.7. The van der Waals surface area contributed by atoms with Crippen molar-refractivity contribution in [2.24, 2.45) is 0 Å². The summed E-state index contributed by atoms with van der Waals surface area (Å²) in [5.41, 5.74) is -0.360. The van der Waals surface area contributed by atoms with Gasteiger partial charge in [0.05, 0.1) is 42.9 Å². The summed E-state index contributed by atoms with van der Waals surface area (Å²) in [6.45, 7) is 0. The number of hydrogen-bond acceptors (Lipinski definition) is 17. The average molecular weight is 961 g/mol. The quantitative estimate of drug-likeness (QED) is 0.141. The minimum absolute atomic E-state index is 0. The molecule has 0 saturated heterocycles. The molecule has 3 aromatic heterocycles. The minimum atomic E-state index is -5.00. The summed E-state index contributed by atoms with van der Waals surface area (Å²) in [5.74, 6) is -0.713. The molecule has 4 aromatic carbocycles. The van der Waals surface area contributed by atoms with Crippen LogP contribution in [0, 0.1) is 9.93 Å². The number of aromatic nitrogens is 8. The van der Waals surface area contributed by atoms with Gasteiger partial charge in [-0.1, -0.05) is 24.3 Å². The summed E-state index contributed by atoms with van der Waals surface area (Å²) in [6.07, 6.45) is 0. The van der Waals surface area contributed by atoms with Gasteiger partial charge in [0.2, 0.25) is 0 Å². The molecule has 310 valence electrons. The molecule has 0 aliphatic carbocycles. The van der Waals surface area contributed by atoms with Gasteiger partial charge in [-0.15, -0.1) is 0 Å². The van der Waals surface area contributed by atoms with E-state index in [0.717, 1.165) is 48.5 Å². The van der Waals surface area contributed by atoms with E-state index in [-0.39, 0.29) is 142 Å². The van der Waals surface area contributed by atoms with Crippen LogP contribution in [0.5, 0.6) is 0 Å². The van der Waals surface area contributed by atoms with Crippen molar-refractivity contribution in [2.45, 2.75) is 19.6 Å². The van der Waals surface area contributed by atoms with Gasteiger partial charge in [0.1, 0.15) is 10.1 Å². The largest absolute Gasteiger partial charge is 1.00 e. The molecule has 0 radical (unpaired) electrons. The molecule has 23 nitrogen and oxygen atoms in total. The molecule has 2 aliphatic rings. The molecule has 61 heavy (non-hydrogen) atoms. The van der Waals surface area contributed by atoms with Gasteiger partial charge in [-0.05, 0) is 70.1 Å². The number of benzene rings is 4. The molecular formula is C32H17FeN8NaO15S4-2. The van der Waals surface area contributed by atoms with Crippen molar-refractivity contribution in [3.05, 3.63) is 82.7 Å². The van der Waals surface area contributed by atoms with Crippen molar-refractivity contribution < 1.29 is 104 Å². The maximum Gasteiger partial charge on any atom is 1.00 e. The zero-order valence-electron chi connectivity index (χ0n) is 29.8. The first kappa shape index (κ1) is 47.0. The van der Waals surface area contributed by atoms with Crippen LogP contribution in [0.1, 0.15) is 0 Å². The summed E-state index contributed by atoms with van der Waals surface area (Å²) in [6, 6.07) is 13.5. The van der Waals surface area contributed by atoms with Crippen molar-refractivity contribution in [3.63, 3.8) is 0 Å². The molecule has 8 bridgehead atoms. The van der Waals surface area contributed by atoms with Gasteiger partial charge < -0.3 is 39.9 Å². The van der Waals surface area contributed by atoms with E-state index >= 15 is 0 Å². The van der Waals surface area contributed by atoms with E-state index in [1.807, 2.05) is 0 Å². The molecule has 0 atom stereocenters. The first-order chi connectivity index (χ1) is 27.2. The molecule has 7 aromatic rings. The fourth-order valence-corrected chi connectivity index (χ4v) is 8.23. The van der Waals surface area contributed by atoms with Crippen molar-refractivity contribution in [1.82, 2.24) is 39.9 Å². The van der Waals surface area contributed by atoms with Gasteiger partial charge in [-0.2, -0.15) is 25.3 Å². The molecular weight excluding hydrogens is 943 g/mol. The molecule has 2 aliphatic heterocycles. The Morgan fingerprint density at radius 3 is 1.08 bits per heavy atom. The summed E-state index contributed by atoms with van der Waals surface area (Å²) in [5, 5.41) is 0.329. The maximum atomic E-state index is 12.2. The minimum Gasteiger partial charge on any atom is -0.744 e. The second-order valence-corrected chi connectivity index (χ2v) is 17.8. The number of fused-ring (bicyclic) bond motifs is 20. The third-order valence-electron chi connectivity index (χ3n) is 8.77. The van der Waals surface area contributed by atoms with E-state index in [0.29, 0.717) is 0 Å². The second kappa shape index (κ2) is 16.3. The smallest absolute Gasteiger partial charge is 0.744 e. The predicted molar refractivity (Wildman–Crippen MR) is 202 cm³/mol. The Morgan fingerprint density at radius 1 is 0.426 bits per heavy atom. The van der Waals surface area contributed by atoms with Gasteiger partial charge >= 0.3 is 29.6 Å². The summed E-state index contributed by atoms with van der Waals surface area (Å²) in [4.78, 5) is 47.8. The van der Waals surface area contributed by atoms with Gasteiger partial charge in [0.15, 0.2) is 0 Å². The van der Waals surface area contributed by atoms with Crippen molar-refractivity contribution in [1.29, 1.82) is 0 Å². The van der Waals surface area contributed by atoms with Crippen LogP contribution in [0.25, 0.3) is 89.7 Å². The van der Waals surface area contributed by atoms with E-state index in [9.17, 15) is 51.9 Å². The predicted octanol–water partition coefficient (Wildman–Crippen LogP) is -0.985. The molecule has 0 unspecified atom stereocenters. The Labute approximate surface area is 373 Å². The zero-order valence-corrected chi connectivity index (χ0v) is 36.2. The molecule has 5 N–H and O–H groups in total. The van der Waals surface area contributed by atoms with Crippen LogP contribution in [0.15, 0.2) is 92.4 Å². The normalized spacial score (nSPS) is 12.2. The number of rotatable bonds is 4. The summed E-state index contributed by atoms with van der Waals surface area (Å²) < 4.78 is 139. The first-order valence-corrected chi connectivity index (χ1v) is 21.3. The Hall–Kier alpha value is -5.04. The summed E-state index contributed by atoms with van der Waals surface area (Å²) >= 11 is 0. The fourth-order valence-electron chi connectivity index (χ4n) is 6.22. The second-order valence-electron chi connectivity index (χ2n) is 12.2. The summed E-state index contributed by atoms with van der Waals surface area (Å²) in [7, 11) is -19.3. The van der Waals surface area contributed by atoms with Crippen molar-refractivity contribution in [3.8, 4) is 45.6 Å². The monoisotopic (exact) mass is 960 g/mol. The molecule has 0 spiro atoms. The molecule has 0 fully saturated rings. The third-order valence-corrected chi connectivity index (χ3v) is 12.1. The number of nitrogens with zero attached hydrogens (tertiary/aromatic N) is 8. The van der Waals surface area contributed by atoms with Crippen LogP contribution in [-0.4, -0.2) is 87.3 Å². The maximum absolute atomic E-state index is 12.2. The van der Waals surface area contributed by atoms with Crippen molar-refractivity contribution >= 4 is 84.6 Å². The topological polar surface area (TPSA) is 391 Å². The molecule has 0 saturated carbocycles. The molecule has 9 rings (SSSR count). The van der Waals surface area contributed by atoms with Gasteiger partial charge in [0.25, 0.3) is 30.4 Å². The Kier molecular flexibility index (Phi) is 12.6. The van der Waals surface area contributed by atoms with Gasteiger partial charge in [-0.3, -0.25) is 13.7 Å². The van der Waals surface area contributed by atoms with E-state index in [1.54, 1.807) is 0 Å². The average Bonchev–Trinajstić information content (AvgIpc) is 3.88. The standard InChI is InChI=1S/C32H16N8O12S4.Fe.Na.O2.H2O/c41-53(42,43)13-1-5-17-21(9-13)29-33-25(17)37-30-22-10-14(54(44,45)46)2-6-18(22)27(34-30)39-32-24-12-16(56(50,51)52)4-8-20(24)28(36-32)40-31-23-11-15(55(47,48)49)3-7-19(23)26(35-31)38-29;;;1-2;/h1-12H,(H4-2,33,34,35,36,37,38,39,40,41,42,43,44,45,46,47,48,49,50,51,52);;;;1H2/q-2;;+1;;/p-1. The molecule has 29 heteroatoms. The van der Waals surface area contributed by atoms with E-state index in [4.69, 9.17) is 9.93 Å². The van der Waals surface area contributed by atoms with E-state index in [2.05, 4.69) is 39.9 Å². The van der Waals surface area contributed by atoms with E-state index < -0.39 is 60.1 Å². The van der Waals surface area contributed by atoms with Gasteiger partial charge in [0, 0.05) is 71.8 Å². The molecule has 5 heterocycles.